The summed E-state index contributed by atoms with van der Waals surface area (Å²) in [4.78, 5) is 7.60. The number of hydrogen-bond acceptors (Lipinski definition) is 5. The Kier molecular flexibility index (Phi) is 3.60. The van der Waals surface area contributed by atoms with Gasteiger partial charge in [-0.25, -0.2) is 18.4 Å². The van der Waals surface area contributed by atoms with Crippen LogP contribution in [0.1, 0.15) is 17.9 Å². The smallest absolute Gasteiger partial charge is 0.246 e. The zero-order valence-corrected chi connectivity index (χ0v) is 12.2. The molecule has 7 heteroatoms. The van der Waals surface area contributed by atoms with Crippen molar-refractivity contribution < 1.29 is 8.42 Å². The fraction of sp³-hybridized carbons (Fsp3) is 0.286. The first-order chi connectivity index (χ1) is 10.1. The second kappa shape index (κ2) is 5.42. The van der Waals surface area contributed by atoms with Crippen molar-refractivity contribution in [2.24, 2.45) is 0 Å². The molecule has 1 aliphatic heterocycles. The Bertz CT molecular complexity index is 716. The zero-order valence-electron chi connectivity index (χ0n) is 11.4. The van der Waals surface area contributed by atoms with Crippen molar-refractivity contribution >= 4 is 16.0 Å². The summed E-state index contributed by atoms with van der Waals surface area (Å²) in [5, 5.41) is 0. The Hall–Kier alpha value is -1.99. The number of nitrogen functional groups attached to an aromatic ring is 1. The summed E-state index contributed by atoms with van der Waals surface area (Å²) < 4.78 is 26.5. The molecule has 1 saturated heterocycles. The Morgan fingerprint density at radius 2 is 1.81 bits per heavy atom. The number of hydrogen-bond donors (Lipinski definition) is 1. The van der Waals surface area contributed by atoms with Crippen LogP contribution in [0.5, 0.6) is 0 Å². The molecule has 110 valence electrons. The Labute approximate surface area is 123 Å². The lowest BCUT2D eigenvalue weighted by molar-refractivity contribution is 0.472. The van der Waals surface area contributed by atoms with Gasteiger partial charge in [-0.2, -0.15) is 4.31 Å². The summed E-state index contributed by atoms with van der Waals surface area (Å²) in [6, 6.07) is 9.97. The van der Waals surface area contributed by atoms with E-state index in [9.17, 15) is 8.42 Å². The molecule has 0 radical (unpaired) electrons. The largest absolute Gasteiger partial charge is 0.368 e. The molecule has 3 rings (SSSR count). The number of benzene rings is 1. The molecule has 6 nitrogen and oxygen atoms in total. The van der Waals surface area contributed by atoms with Crippen molar-refractivity contribution in [3.05, 3.63) is 48.3 Å². The van der Waals surface area contributed by atoms with Crippen LogP contribution in [0.2, 0.25) is 0 Å². The normalized spacial score (nSPS) is 19.7. The average Bonchev–Trinajstić information content (AvgIpc) is 2.99. The second-order valence-corrected chi connectivity index (χ2v) is 6.97. The summed E-state index contributed by atoms with van der Waals surface area (Å²) in [5.41, 5.74) is 6.56. The summed E-state index contributed by atoms with van der Waals surface area (Å²) in [7, 11) is -3.54. The first kappa shape index (κ1) is 14.0. The summed E-state index contributed by atoms with van der Waals surface area (Å²) >= 11 is 0. The highest BCUT2D eigenvalue weighted by Crippen LogP contribution is 2.30. The van der Waals surface area contributed by atoms with Gasteiger partial charge < -0.3 is 5.73 Å². The molecule has 21 heavy (non-hydrogen) atoms. The van der Waals surface area contributed by atoms with E-state index in [0.717, 1.165) is 6.42 Å². The molecule has 0 saturated carbocycles. The van der Waals surface area contributed by atoms with E-state index in [1.165, 1.54) is 22.3 Å². The first-order valence-electron chi connectivity index (χ1n) is 6.70. The van der Waals surface area contributed by atoms with Crippen molar-refractivity contribution in [3.8, 4) is 0 Å². The lowest BCUT2D eigenvalue weighted by atomic mass is 9.99. The molecule has 0 aliphatic carbocycles. The van der Waals surface area contributed by atoms with Crippen LogP contribution >= 0.6 is 0 Å². The minimum atomic E-state index is -3.54. The van der Waals surface area contributed by atoms with Gasteiger partial charge in [0.2, 0.25) is 16.0 Å². The molecule has 1 atom stereocenters. The lowest BCUT2D eigenvalue weighted by Gasteiger charge is -2.16. The minimum Gasteiger partial charge on any atom is -0.368 e. The second-order valence-electron chi connectivity index (χ2n) is 5.04. The van der Waals surface area contributed by atoms with Crippen molar-refractivity contribution in [1.82, 2.24) is 14.3 Å². The quantitative estimate of drug-likeness (QED) is 0.921. The Morgan fingerprint density at radius 1 is 1.14 bits per heavy atom. The molecule has 1 unspecified atom stereocenters. The van der Waals surface area contributed by atoms with Gasteiger partial charge in [-0.05, 0) is 17.9 Å². The van der Waals surface area contributed by atoms with E-state index >= 15 is 0 Å². The highest BCUT2D eigenvalue weighted by Gasteiger charge is 2.33. The van der Waals surface area contributed by atoms with Crippen LogP contribution in [0, 0.1) is 0 Å². The number of nitrogens with zero attached hydrogens (tertiary/aromatic N) is 3. The van der Waals surface area contributed by atoms with Crippen LogP contribution in [0.25, 0.3) is 0 Å². The van der Waals surface area contributed by atoms with Crippen LogP contribution in [-0.2, 0) is 10.0 Å². The van der Waals surface area contributed by atoms with Gasteiger partial charge in [-0.3, -0.25) is 0 Å². The van der Waals surface area contributed by atoms with Crippen molar-refractivity contribution in [2.45, 2.75) is 17.2 Å². The maximum absolute atomic E-state index is 12.5. The predicted octanol–water partition coefficient (Wildman–Crippen LogP) is 1.24. The molecule has 1 aliphatic rings. The third-order valence-electron chi connectivity index (χ3n) is 3.71. The molecular formula is C14H16N4O2S. The van der Waals surface area contributed by atoms with Crippen molar-refractivity contribution in [3.63, 3.8) is 0 Å². The lowest BCUT2D eigenvalue weighted by Crippen LogP contribution is -2.29. The molecular weight excluding hydrogens is 288 g/mol. The molecule has 1 aromatic carbocycles. The molecule has 1 aromatic heterocycles. The molecule has 0 spiro atoms. The van der Waals surface area contributed by atoms with E-state index in [4.69, 9.17) is 5.73 Å². The van der Waals surface area contributed by atoms with E-state index in [0.29, 0.717) is 13.1 Å². The van der Waals surface area contributed by atoms with Gasteiger partial charge in [0.05, 0.1) is 12.4 Å². The van der Waals surface area contributed by atoms with Gasteiger partial charge in [0.15, 0.2) is 0 Å². The van der Waals surface area contributed by atoms with Gasteiger partial charge in [-0.15, -0.1) is 0 Å². The molecule has 0 bridgehead atoms. The fourth-order valence-corrected chi connectivity index (χ4v) is 3.94. The zero-order chi connectivity index (χ0) is 14.9. The maximum Gasteiger partial charge on any atom is 0.246 e. The number of nitrogens with two attached hydrogens (primary N) is 1. The van der Waals surface area contributed by atoms with E-state index in [1.807, 2.05) is 30.3 Å². The summed E-state index contributed by atoms with van der Waals surface area (Å²) in [5.74, 6) is 0.299. The summed E-state index contributed by atoms with van der Waals surface area (Å²) in [6.45, 7) is 0.989. The van der Waals surface area contributed by atoms with Gasteiger partial charge in [0.1, 0.15) is 4.90 Å². The van der Waals surface area contributed by atoms with Gasteiger partial charge in [-0.1, -0.05) is 30.3 Å². The molecule has 2 aromatic rings. The van der Waals surface area contributed by atoms with Gasteiger partial charge >= 0.3 is 0 Å². The predicted molar refractivity (Wildman–Crippen MR) is 79.0 cm³/mol. The summed E-state index contributed by atoms with van der Waals surface area (Å²) in [6.07, 6.45) is 3.33. The maximum atomic E-state index is 12.5. The van der Waals surface area contributed by atoms with E-state index in [-0.39, 0.29) is 16.8 Å². The number of aromatic nitrogens is 2. The number of rotatable bonds is 3. The van der Waals surface area contributed by atoms with E-state index in [2.05, 4.69) is 9.97 Å². The third kappa shape index (κ3) is 2.74. The molecule has 2 heterocycles. The van der Waals surface area contributed by atoms with Gasteiger partial charge in [0, 0.05) is 13.1 Å². The SMILES string of the molecule is Nc1ncc(S(=O)(=O)N2CCC(c3ccccc3)C2)cn1. The number of anilines is 1. The van der Waals surface area contributed by atoms with Gasteiger partial charge in [0.25, 0.3) is 0 Å². The molecule has 0 amide bonds. The minimum absolute atomic E-state index is 0.0672. The first-order valence-corrected chi connectivity index (χ1v) is 8.14. The van der Waals surface area contributed by atoms with Crippen molar-refractivity contribution in [1.29, 1.82) is 0 Å². The fourth-order valence-electron chi connectivity index (χ4n) is 2.55. The highest BCUT2D eigenvalue weighted by molar-refractivity contribution is 7.89. The van der Waals surface area contributed by atoms with Crippen LogP contribution in [0.4, 0.5) is 5.95 Å². The third-order valence-corrected chi connectivity index (χ3v) is 5.53. The Balaban J connectivity index is 1.81. The van der Waals surface area contributed by atoms with E-state index in [1.54, 1.807) is 0 Å². The highest BCUT2D eigenvalue weighted by atomic mass is 32.2. The molecule has 1 fully saturated rings. The topological polar surface area (TPSA) is 89.2 Å². The van der Waals surface area contributed by atoms with Crippen molar-refractivity contribution in [2.75, 3.05) is 18.8 Å². The number of sulfonamides is 1. The van der Waals surface area contributed by atoms with Crippen LogP contribution < -0.4 is 5.73 Å². The average molecular weight is 304 g/mol. The van der Waals surface area contributed by atoms with E-state index < -0.39 is 10.0 Å². The monoisotopic (exact) mass is 304 g/mol. The standard InChI is InChI=1S/C14H16N4O2S/c15-14-16-8-13(9-17-14)21(19,20)18-7-6-12(10-18)11-4-2-1-3-5-11/h1-5,8-9,12H,6-7,10H2,(H2,15,16,17). The van der Waals surface area contributed by atoms with Crippen LogP contribution in [0.15, 0.2) is 47.6 Å². The molecule has 2 N–H and O–H groups in total. The van der Waals surface area contributed by atoms with Crippen LogP contribution in [-0.4, -0.2) is 35.8 Å². The Morgan fingerprint density at radius 3 is 2.48 bits per heavy atom. The van der Waals surface area contributed by atoms with Crippen LogP contribution in [0.3, 0.4) is 0 Å².